The molecular weight excluding hydrogens is 562 g/mol. The van der Waals surface area contributed by atoms with Crippen LogP contribution in [0.3, 0.4) is 0 Å². The minimum absolute atomic E-state index is 0.0111. The van der Waals surface area contributed by atoms with E-state index in [1.54, 1.807) is 42.5 Å². The Morgan fingerprint density at radius 2 is 1.38 bits per heavy atom. The van der Waals surface area contributed by atoms with Crippen molar-refractivity contribution >= 4 is 43.2 Å². The molecule has 1 aliphatic heterocycles. The molecule has 0 spiro atoms. The first-order valence-corrected chi connectivity index (χ1v) is 15.5. The molecule has 0 atom stereocenters. The number of piperazine rings is 1. The Hall–Kier alpha value is -3.12. The molecule has 0 saturated carbocycles. The van der Waals surface area contributed by atoms with Crippen molar-refractivity contribution in [1.29, 1.82) is 0 Å². The van der Waals surface area contributed by atoms with Crippen molar-refractivity contribution in [3.8, 4) is 5.75 Å². The van der Waals surface area contributed by atoms with E-state index in [0.717, 1.165) is 15.4 Å². The zero-order chi connectivity index (χ0) is 28.4. The molecule has 0 bridgehead atoms. The maximum Gasteiger partial charge on any atom is 0.264 e. The molecule has 0 radical (unpaired) electrons. The number of carbonyl (C=O) groups excluding carboxylic acids is 1. The van der Waals surface area contributed by atoms with Crippen LogP contribution in [-0.4, -0.2) is 71.8 Å². The minimum Gasteiger partial charge on any atom is -0.495 e. The number of ether oxygens (including phenoxy) is 1. The maximum absolute atomic E-state index is 13.8. The molecule has 0 aliphatic carbocycles. The first kappa shape index (κ1) is 28.9. The van der Waals surface area contributed by atoms with Crippen LogP contribution in [-0.2, 0) is 24.8 Å². The number of methoxy groups -OCH3 is 1. The molecule has 1 heterocycles. The Kier molecular flexibility index (Phi) is 8.55. The summed E-state index contributed by atoms with van der Waals surface area (Å²) in [6.07, 6.45) is 0. The molecular formula is C27H30ClN3O6S2. The van der Waals surface area contributed by atoms with Crippen molar-refractivity contribution in [2.24, 2.45) is 0 Å². The second-order valence-corrected chi connectivity index (χ2v) is 13.5. The van der Waals surface area contributed by atoms with Gasteiger partial charge in [-0.15, -0.1) is 0 Å². The van der Waals surface area contributed by atoms with E-state index in [1.807, 2.05) is 13.8 Å². The van der Waals surface area contributed by atoms with Crippen LogP contribution in [0.1, 0.15) is 11.1 Å². The lowest BCUT2D eigenvalue weighted by Gasteiger charge is -2.35. The van der Waals surface area contributed by atoms with E-state index in [4.69, 9.17) is 16.3 Å². The van der Waals surface area contributed by atoms with Gasteiger partial charge in [-0.25, -0.2) is 16.8 Å². The molecule has 3 aromatic carbocycles. The van der Waals surface area contributed by atoms with Crippen molar-refractivity contribution in [2.45, 2.75) is 23.6 Å². The largest absolute Gasteiger partial charge is 0.495 e. The van der Waals surface area contributed by atoms with Crippen LogP contribution in [0.4, 0.5) is 5.69 Å². The van der Waals surface area contributed by atoms with Crippen LogP contribution in [0.25, 0.3) is 0 Å². The van der Waals surface area contributed by atoms with Crippen LogP contribution in [0.2, 0.25) is 5.02 Å². The molecule has 12 heteroatoms. The van der Waals surface area contributed by atoms with Gasteiger partial charge in [-0.05, 0) is 56.3 Å². The molecule has 9 nitrogen and oxygen atoms in total. The van der Waals surface area contributed by atoms with Crippen LogP contribution >= 0.6 is 11.6 Å². The summed E-state index contributed by atoms with van der Waals surface area (Å²) in [5.41, 5.74) is 1.96. The zero-order valence-corrected chi connectivity index (χ0v) is 24.3. The molecule has 208 valence electrons. The van der Waals surface area contributed by atoms with Gasteiger partial charge in [0.15, 0.2) is 0 Å². The van der Waals surface area contributed by atoms with E-state index >= 15 is 0 Å². The molecule has 1 saturated heterocycles. The summed E-state index contributed by atoms with van der Waals surface area (Å²) in [6, 6.07) is 17.5. The van der Waals surface area contributed by atoms with Crippen molar-refractivity contribution in [2.75, 3.05) is 44.1 Å². The van der Waals surface area contributed by atoms with Crippen LogP contribution in [0.15, 0.2) is 76.5 Å². The lowest BCUT2D eigenvalue weighted by Crippen LogP contribution is -2.53. The number of hydrogen-bond donors (Lipinski definition) is 0. The Morgan fingerprint density at radius 3 is 1.92 bits per heavy atom. The highest BCUT2D eigenvalue weighted by Gasteiger charge is 2.34. The van der Waals surface area contributed by atoms with Crippen molar-refractivity contribution in [1.82, 2.24) is 9.21 Å². The van der Waals surface area contributed by atoms with Crippen molar-refractivity contribution < 1.29 is 26.4 Å². The normalized spacial score (nSPS) is 14.7. The smallest absolute Gasteiger partial charge is 0.264 e. The Balaban J connectivity index is 1.58. The van der Waals surface area contributed by atoms with Gasteiger partial charge in [0.1, 0.15) is 12.3 Å². The average Bonchev–Trinajstić information content (AvgIpc) is 2.92. The molecule has 4 rings (SSSR count). The molecule has 3 aromatic rings. The number of rotatable bonds is 8. The van der Waals surface area contributed by atoms with E-state index in [0.29, 0.717) is 0 Å². The van der Waals surface area contributed by atoms with Gasteiger partial charge >= 0.3 is 0 Å². The highest BCUT2D eigenvalue weighted by Crippen LogP contribution is 2.35. The molecule has 1 fully saturated rings. The lowest BCUT2D eigenvalue weighted by molar-refractivity contribution is -0.130. The van der Waals surface area contributed by atoms with E-state index in [-0.39, 0.29) is 52.4 Å². The number of anilines is 1. The Labute approximate surface area is 234 Å². The van der Waals surface area contributed by atoms with Gasteiger partial charge in [0.2, 0.25) is 15.9 Å². The molecule has 0 N–H and O–H groups in total. The molecule has 1 amide bonds. The highest BCUT2D eigenvalue weighted by atomic mass is 35.5. The molecule has 0 aromatic heterocycles. The number of halogens is 1. The summed E-state index contributed by atoms with van der Waals surface area (Å²) in [6.45, 7) is 3.63. The van der Waals surface area contributed by atoms with Gasteiger partial charge in [0.25, 0.3) is 10.0 Å². The van der Waals surface area contributed by atoms with E-state index in [9.17, 15) is 21.6 Å². The Bertz CT molecular complexity index is 1550. The summed E-state index contributed by atoms with van der Waals surface area (Å²) >= 11 is 6.20. The standard InChI is InChI=1S/C27H30ClN3O6S2/c1-20-4-9-23(10-5-20)38(33,34)30-16-14-29(15-17-30)27(32)19-31(25-18-22(28)8-13-26(25)37-3)39(35,36)24-11-6-21(2)7-12-24/h4-13,18H,14-17,19H2,1-3H3. The number of nitrogens with zero attached hydrogens (tertiary/aromatic N) is 3. The quantitative estimate of drug-likeness (QED) is 0.396. The predicted octanol–water partition coefficient (Wildman–Crippen LogP) is 3.69. The summed E-state index contributed by atoms with van der Waals surface area (Å²) in [5, 5.41) is 0.275. The lowest BCUT2D eigenvalue weighted by atomic mass is 10.2. The number of hydrogen-bond acceptors (Lipinski definition) is 6. The van der Waals surface area contributed by atoms with Crippen LogP contribution < -0.4 is 9.04 Å². The fourth-order valence-corrected chi connectivity index (χ4v) is 7.26. The number of carbonyl (C=O) groups is 1. The van der Waals surface area contributed by atoms with Crippen molar-refractivity contribution in [3.63, 3.8) is 0 Å². The molecule has 0 unspecified atom stereocenters. The average molecular weight is 592 g/mol. The summed E-state index contributed by atoms with van der Waals surface area (Å²) in [5.74, 6) is -0.239. The number of sulfonamides is 2. The zero-order valence-electron chi connectivity index (χ0n) is 21.9. The van der Waals surface area contributed by atoms with Crippen LogP contribution in [0.5, 0.6) is 5.75 Å². The van der Waals surface area contributed by atoms with Gasteiger partial charge < -0.3 is 9.64 Å². The summed E-state index contributed by atoms with van der Waals surface area (Å²) < 4.78 is 61.4. The SMILES string of the molecule is COc1ccc(Cl)cc1N(CC(=O)N1CCN(S(=O)(=O)c2ccc(C)cc2)CC1)S(=O)(=O)c1ccc(C)cc1. The number of benzene rings is 3. The highest BCUT2D eigenvalue weighted by molar-refractivity contribution is 7.93. The summed E-state index contributed by atoms with van der Waals surface area (Å²) in [4.78, 5) is 15.1. The number of amides is 1. The second kappa shape index (κ2) is 11.5. The van der Waals surface area contributed by atoms with E-state index in [2.05, 4.69) is 0 Å². The van der Waals surface area contributed by atoms with Gasteiger partial charge in [0, 0.05) is 31.2 Å². The van der Waals surface area contributed by atoms with Crippen molar-refractivity contribution in [3.05, 3.63) is 82.9 Å². The van der Waals surface area contributed by atoms with Gasteiger partial charge in [0.05, 0.1) is 22.6 Å². The third kappa shape index (κ3) is 6.22. The van der Waals surface area contributed by atoms with Gasteiger partial charge in [-0.2, -0.15) is 4.31 Å². The van der Waals surface area contributed by atoms with Gasteiger partial charge in [-0.3, -0.25) is 9.10 Å². The maximum atomic E-state index is 13.8. The third-order valence-electron chi connectivity index (χ3n) is 6.55. The third-order valence-corrected chi connectivity index (χ3v) is 10.5. The molecule has 1 aliphatic rings. The fraction of sp³-hybridized carbons (Fsp3) is 0.296. The minimum atomic E-state index is -4.19. The topological polar surface area (TPSA) is 104 Å². The Morgan fingerprint density at radius 1 is 0.846 bits per heavy atom. The second-order valence-electron chi connectivity index (χ2n) is 9.24. The summed E-state index contributed by atoms with van der Waals surface area (Å²) in [7, 11) is -6.50. The van der Waals surface area contributed by atoms with Gasteiger partial charge in [-0.1, -0.05) is 47.0 Å². The number of aryl methyl sites for hydroxylation is 2. The molecule has 39 heavy (non-hydrogen) atoms. The first-order chi connectivity index (χ1) is 18.4. The van der Waals surface area contributed by atoms with Crippen LogP contribution in [0, 0.1) is 13.8 Å². The predicted molar refractivity (Wildman–Crippen MR) is 150 cm³/mol. The van der Waals surface area contributed by atoms with E-state index in [1.165, 1.54) is 40.6 Å². The monoisotopic (exact) mass is 591 g/mol. The first-order valence-electron chi connectivity index (χ1n) is 12.2. The fourth-order valence-electron chi connectivity index (χ4n) is 4.26. The van der Waals surface area contributed by atoms with E-state index < -0.39 is 32.5 Å².